The van der Waals surface area contributed by atoms with E-state index in [0.717, 1.165) is 20.9 Å². The Kier molecular flexibility index (Phi) is 7.52. The predicted molar refractivity (Wildman–Crippen MR) is 127 cm³/mol. The van der Waals surface area contributed by atoms with Crippen LogP contribution in [0.25, 0.3) is 0 Å². The second kappa shape index (κ2) is 9.65. The number of aryl methyl sites for hydroxylation is 1. The van der Waals surface area contributed by atoms with Gasteiger partial charge in [-0.3, -0.25) is 9.59 Å². The van der Waals surface area contributed by atoms with E-state index in [1.54, 1.807) is 12.1 Å². The number of aliphatic hydroxyl groups excluding tert-OH is 1. The fraction of sp³-hybridized carbons (Fsp3) is 0.520. The lowest BCUT2D eigenvalue weighted by molar-refractivity contribution is -0.176. The molecular formula is C25H31FO4S2. The van der Waals surface area contributed by atoms with E-state index >= 15 is 0 Å². The molecule has 1 saturated heterocycles. The Labute approximate surface area is 197 Å². The number of hydrogen-bond donors (Lipinski definition) is 1. The maximum absolute atomic E-state index is 13.2. The number of esters is 1. The first kappa shape index (κ1) is 24.9. The van der Waals surface area contributed by atoms with E-state index in [9.17, 15) is 19.1 Å². The van der Waals surface area contributed by atoms with Gasteiger partial charge in [-0.15, -0.1) is 23.1 Å². The molecule has 2 unspecified atom stereocenters. The first-order valence-electron chi connectivity index (χ1n) is 10.8. The summed E-state index contributed by atoms with van der Waals surface area (Å²) in [5.41, 5.74) is 0.833. The van der Waals surface area contributed by atoms with Crippen molar-refractivity contribution in [2.45, 2.75) is 81.6 Å². The molecule has 7 heteroatoms. The number of aliphatic hydroxyl groups is 1. The number of carbonyl (C=O) groups is 2. The van der Waals surface area contributed by atoms with Crippen molar-refractivity contribution in [1.29, 1.82) is 0 Å². The van der Waals surface area contributed by atoms with Crippen LogP contribution in [0.4, 0.5) is 4.39 Å². The van der Waals surface area contributed by atoms with E-state index in [2.05, 4.69) is 20.8 Å². The molecule has 2 aromatic rings. The molecule has 0 radical (unpaired) electrons. The van der Waals surface area contributed by atoms with Gasteiger partial charge in [0.25, 0.3) is 0 Å². The molecule has 1 fully saturated rings. The largest absolute Gasteiger partial charge is 0.457 e. The molecule has 1 aromatic heterocycles. The number of hydrogen-bond acceptors (Lipinski definition) is 6. The SMILES string of the molecule is CC(C)C1(CCc2ccc(F)cc2)CC(=O)C(Sc2csc(CO)c2C(C)(C)C)C(=O)O1. The summed E-state index contributed by atoms with van der Waals surface area (Å²) in [6.45, 7) is 10.0. The lowest BCUT2D eigenvalue weighted by atomic mass is 9.78. The van der Waals surface area contributed by atoms with Crippen molar-refractivity contribution in [3.63, 3.8) is 0 Å². The van der Waals surface area contributed by atoms with Gasteiger partial charge in [-0.05, 0) is 47.4 Å². The molecule has 174 valence electrons. The molecule has 1 aliphatic heterocycles. The number of ketones is 1. The summed E-state index contributed by atoms with van der Waals surface area (Å²) in [5, 5.41) is 10.7. The molecular weight excluding hydrogens is 447 g/mol. The van der Waals surface area contributed by atoms with Gasteiger partial charge in [0.05, 0.1) is 6.61 Å². The normalized spacial score (nSPS) is 21.8. The highest BCUT2D eigenvalue weighted by Gasteiger charge is 2.49. The molecule has 0 bridgehead atoms. The standard InChI is InChI=1S/C25H31FO4S2/c1-15(2)25(11-10-16-6-8-17(26)9-7-16)12-18(28)22(23(29)30-25)32-20-14-31-19(13-27)21(20)24(3,4)5/h6-9,14-15,22,27H,10-13H2,1-5H3. The molecule has 1 aliphatic rings. The lowest BCUT2D eigenvalue weighted by Gasteiger charge is -2.41. The summed E-state index contributed by atoms with van der Waals surface area (Å²) in [6, 6.07) is 6.27. The van der Waals surface area contributed by atoms with Crippen LogP contribution in [0.3, 0.4) is 0 Å². The molecule has 1 N–H and O–H groups in total. The zero-order valence-electron chi connectivity index (χ0n) is 19.2. The first-order valence-corrected chi connectivity index (χ1v) is 12.6. The Hall–Kier alpha value is -1.70. The van der Waals surface area contributed by atoms with Crippen molar-refractivity contribution >= 4 is 34.9 Å². The highest BCUT2D eigenvalue weighted by atomic mass is 32.2. The summed E-state index contributed by atoms with van der Waals surface area (Å²) in [6.07, 6.45) is 1.26. The minimum absolute atomic E-state index is 0.0333. The summed E-state index contributed by atoms with van der Waals surface area (Å²) in [7, 11) is 0. The number of thioether (sulfide) groups is 1. The number of thiophene rings is 1. The highest BCUT2D eigenvalue weighted by Crippen LogP contribution is 2.44. The van der Waals surface area contributed by atoms with E-state index in [1.807, 2.05) is 19.2 Å². The van der Waals surface area contributed by atoms with Gasteiger partial charge in [0.15, 0.2) is 11.0 Å². The summed E-state index contributed by atoms with van der Waals surface area (Å²) in [4.78, 5) is 28.0. The monoisotopic (exact) mass is 478 g/mol. The average molecular weight is 479 g/mol. The van der Waals surface area contributed by atoms with Crippen LogP contribution < -0.4 is 0 Å². The van der Waals surface area contributed by atoms with Gasteiger partial charge in [0, 0.05) is 21.6 Å². The number of cyclic esters (lactones) is 1. The van der Waals surface area contributed by atoms with Crippen molar-refractivity contribution in [1.82, 2.24) is 0 Å². The number of halogens is 1. The maximum atomic E-state index is 13.2. The summed E-state index contributed by atoms with van der Waals surface area (Å²) < 4.78 is 19.2. The van der Waals surface area contributed by atoms with Crippen molar-refractivity contribution in [2.75, 3.05) is 0 Å². The number of benzene rings is 1. The van der Waals surface area contributed by atoms with Crippen LogP contribution in [-0.2, 0) is 32.8 Å². The third-order valence-electron chi connectivity index (χ3n) is 6.06. The molecule has 32 heavy (non-hydrogen) atoms. The second-order valence-corrected chi connectivity index (χ2v) is 11.8. The van der Waals surface area contributed by atoms with Gasteiger partial charge in [0.1, 0.15) is 11.4 Å². The van der Waals surface area contributed by atoms with E-state index in [1.165, 1.54) is 35.2 Å². The third kappa shape index (κ3) is 5.26. The second-order valence-electron chi connectivity index (χ2n) is 9.71. The van der Waals surface area contributed by atoms with Gasteiger partial charge in [-0.2, -0.15) is 0 Å². The van der Waals surface area contributed by atoms with Crippen LogP contribution in [0, 0.1) is 11.7 Å². The quantitative estimate of drug-likeness (QED) is 0.410. The third-order valence-corrected chi connectivity index (χ3v) is 8.45. The van der Waals surface area contributed by atoms with Gasteiger partial charge >= 0.3 is 5.97 Å². The summed E-state index contributed by atoms with van der Waals surface area (Å²) in [5.74, 6) is -0.959. The van der Waals surface area contributed by atoms with Crippen molar-refractivity contribution < 1.29 is 23.8 Å². The molecule has 0 spiro atoms. The highest BCUT2D eigenvalue weighted by molar-refractivity contribution is 8.01. The Bertz CT molecular complexity index is 955. The zero-order valence-corrected chi connectivity index (χ0v) is 20.9. The molecule has 3 rings (SSSR count). The fourth-order valence-corrected chi connectivity index (χ4v) is 6.74. The molecule has 0 saturated carbocycles. The van der Waals surface area contributed by atoms with Crippen molar-refractivity contribution in [2.24, 2.45) is 5.92 Å². The number of carbonyl (C=O) groups excluding carboxylic acids is 2. The van der Waals surface area contributed by atoms with Gasteiger partial charge < -0.3 is 9.84 Å². The molecule has 4 nitrogen and oxygen atoms in total. The number of ether oxygens (including phenoxy) is 1. The number of Topliss-reactive ketones (excluding diaryl/α,β-unsaturated/α-hetero) is 1. The molecule has 2 heterocycles. The van der Waals surface area contributed by atoms with E-state index in [4.69, 9.17) is 4.74 Å². The van der Waals surface area contributed by atoms with E-state index < -0.39 is 16.8 Å². The summed E-state index contributed by atoms with van der Waals surface area (Å²) >= 11 is 2.68. The van der Waals surface area contributed by atoms with Crippen LogP contribution in [0.2, 0.25) is 0 Å². The zero-order chi connectivity index (χ0) is 23.7. The molecule has 0 aliphatic carbocycles. The van der Waals surface area contributed by atoms with Gasteiger partial charge in [-0.1, -0.05) is 46.8 Å². The van der Waals surface area contributed by atoms with Gasteiger partial charge in [-0.25, -0.2) is 4.39 Å². The van der Waals surface area contributed by atoms with Crippen LogP contribution in [0.5, 0.6) is 0 Å². The minimum Gasteiger partial charge on any atom is -0.457 e. The maximum Gasteiger partial charge on any atom is 0.327 e. The Morgan fingerprint density at radius 2 is 1.91 bits per heavy atom. The van der Waals surface area contributed by atoms with E-state index in [0.29, 0.717) is 12.8 Å². The van der Waals surface area contributed by atoms with Crippen molar-refractivity contribution in [3.05, 3.63) is 51.5 Å². The average Bonchev–Trinajstić information content (AvgIpc) is 3.13. The van der Waals surface area contributed by atoms with Crippen molar-refractivity contribution in [3.8, 4) is 0 Å². The Morgan fingerprint density at radius 1 is 1.25 bits per heavy atom. The van der Waals surface area contributed by atoms with Crippen LogP contribution >= 0.6 is 23.1 Å². The van der Waals surface area contributed by atoms with Crippen LogP contribution in [0.1, 0.15) is 63.5 Å². The fourth-order valence-electron chi connectivity index (χ4n) is 4.18. The van der Waals surface area contributed by atoms with Crippen LogP contribution in [-0.4, -0.2) is 27.7 Å². The number of rotatable bonds is 7. The smallest absolute Gasteiger partial charge is 0.327 e. The van der Waals surface area contributed by atoms with Gasteiger partial charge in [0.2, 0.25) is 0 Å². The molecule has 0 amide bonds. The first-order chi connectivity index (χ1) is 15.0. The minimum atomic E-state index is -0.907. The topological polar surface area (TPSA) is 63.6 Å². The van der Waals surface area contributed by atoms with E-state index in [-0.39, 0.29) is 36.0 Å². The Morgan fingerprint density at radius 3 is 2.44 bits per heavy atom. The predicted octanol–water partition coefficient (Wildman–Crippen LogP) is 5.68. The lowest BCUT2D eigenvalue weighted by Crippen LogP contribution is -2.52. The molecule has 1 aromatic carbocycles. The Balaban J connectivity index is 1.79. The van der Waals surface area contributed by atoms with Crippen LogP contribution in [0.15, 0.2) is 34.5 Å². The molecule has 2 atom stereocenters.